The van der Waals surface area contributed by atoms with Crippen molar-refractivity contribution >= 4 is 0 Å². The van der Waals surface area contributed by atoms with E-state index >= 15 is 0 Å². The third-order valence-electron chi connectivity index (χ3n) is 3.55. The van der Waals surface area contributed by atoms with Gasteiger partial charge in [-0.05, 0) is 25.8 Å². The van der Waals surface area contributed by atoms with Crippen molar-refractivity contribution in [1.29, 1.82) is 0 Å². The summed E-state index contributed by atoms with van der Waals surface area (Å²) in [4.78, 5) is 2.53. The molecule has 0 amide bonds. The molecule has 0 radical (unpaired) electrons. The van der Waals surface area contributed by atoms with Crippen molar-refractivity contribution in [1.82, 2.24) is 14.7 Å². The lowest BCUT2D eigenvalue weighted by Crippen LogP contribution is -2.35. The summed E-state index contributed by atoms with van der Waals surface area (Å²) in [5, 5.41) is 4.17. The number of likely N-dealkylation sites (tertiary alicyclic amines) is 1. The van der Waals surface area contributed by atoms with Gasteiger partial charge in [-0.2, -0.15) is 5.10 Å². The Bertz CT molecular complexity index is 334. The Hall–Kier alpha value is -0.870. The number of rotatable bonds is 4. The highest BCUT2D eigenvalue weighted by atomic mass is 15.2. The molecule has 0 bridgehead atoms. The maximum Gasteiger partial charge on any atom is 0.0537 e. The lowest BCUT2D eigenvalue weighted by atomic mass is 10.1. The molecule has 90 valence electrons. The SMILES string of the molecule is CCC1CCCN1CC(N)c1cnn(C)c1. The summed E-state index contributed by atoms with van der Waals surface area (Å²) in [6, 6.07) is 0.837. The van der Waals surface area contributed by atoms with Crippen LogP contribution in [-0.2, 0) is 7.05 Å². The molecule has 2 unspecified atom stereocenters. The topological polar surface area (TPSA) is 47.1 Å². The van der Waals surface area contributed by atoms with Gasteiger partial charge in [-0.25, -0.2) is 0 Å². The van der Waals surface area contributed by atoms with Gasteiger partial charge in [-0.15, -0.1) is 0 Å². The summed E-state index contributed by atoms with van der Waals surface area (Å²) in [6.45, 7) is 4.43. The second kappa shape index (κ2) is 4.97. The summed E-state index contributed by atoms with van der Waals surface area (Å²) in [5.41, 5.74) is 7.35. The van der Waals surface area contributed by atoms with E-state index in [0.29, 0.717) is 0 Å². The molecule has 0 aromatic carbocycles. The number of hydrogen-bond acceptors (Lipinski definition) is 3. The Kier molecular flexibility index (Phi) is 3.61. The fraction of sp³-hybridized carbons (Fsp3) is 0.750. The van der Waals surface area contributed by atoms with E-state index in [0.717, 1.165) is 18.2 Å². The molecule has 0 spiro atoms. The molecular weight excluding hydrogens is 200 g/mol. The summed E-state index contributed by atoms with van der Waals surface area (Å²) >= 11 is 0. The molecule has 2 N–H and O–H groups in total. The Labute approximate surface area is 97.4 Å². The number of nitrogens with two attached hydrogens (primary N) is 1. The first-order valence-electron chi connectivity index (χ1n) is 6.19. The molecule has 4 heteroatoms. The van der Waals surface area contributed by atoms with E-state index in [2.05, 4.69) is 16.9 Å². The molecule has 0 aliphatic carbocycles. The van der Waals surface area contributed by atoms with E-state index in [-0.39, 0.29) is 6.04 Å². The number of nitrogens with zero attached hydrogens (tertiary/aromatic N) is 3. The van der Waals surface area contributed by atoms with Crippen molar-refractivity contribution < 1.29 is 0 Å². The van der Waals surface area contributed by atoms with Crippen LogP contribution in [0.15, 0.2) is 12.4 Å². The molecule has 16 heavy (non-hydrogen) atoms. The molecular formula is C12H22N4. The van der Waals surface area contributed by atoms with E-state index in [1.165, 1.54) is 25.8 Å². The highest BCUT2D eigenvalue weighted by Gasteiger charge is 2.24. The zero-order chi connectivity index (χ0) is 11.5. The zero-order valence-electron chi connectivity index (χ0n) is 10.3. The molecule has 2 heterocycles. The van der Waals surface area contributed by atoms with Crippen LogP contribution in [0.5, 0.6) is 0 Å². The van der Waals surface area contributed by atoms with E-state index in [1.807, 2.05) is 24.1 Å². The normalized spacial score (nSPS) is 23.8. The molecule has 1 aliphatic rings. The molecule has 2 rings (SSSR count). The monoisotopic (exact) mass is 222 g/mol. The van der Waals surface area contributed by atoms with Gasteiger partial charge >= 0.3 is 0 Å². The van der Waals surface area contributed by atoms with Gasteiger partial charge in [0.15, 0.2) is 0 Å². The average molecular weight is 222 g/mol. The molecule has 4 nitrogen and oxygen atoms in total. The predicted molar refractivity (Wildman–Crippen MR) is 65.0 cm³/mol. The quantitative estimate of drug-likeness (QED) is 0.835. The van der Waals surface area contributed by atoms with Crippen LogP contribution in [0, 0.1) is 0 Å². The van der Waals surface area contributed by atoms with Crippen LogP contribution in [0.25, 0.3) is 0 Å². The number of aryl methyl sites for hydroxylation is 1. The Morgan fingerprint density at radius 2 is 2.44 bits per heavy atom. The Morgan fingerprint density at radius 1 is 1.62 bits per heavy atom. The highest BCUT2D eigenvalue weighted by Crippen LogP contribution is 2.22. The van der Waals surface area contributed by atoms with Crippen molar-refractivity contribution in [3.63, 3.8) is 0 Å². The fourth-order valence-corrected chi connectivity index (χ4v) is 2.59. The molecule has 1 saturated heterocycles. The van der Waals surface area contributed by atoms with Crippen molar-refractivity contribution in [3.05, 3.63) is 18.0 Å². The summed E-state index contributed by atoms with van der Waals surface area (Å²) in [6.07, 6.45) is 7.78. The molecule has 0 saturated carbocycles. The predicted octanol–water partition coefficient (Wildman–Crippen LogP) is 1.29. The largest absolute Gasteiger partial charge is 0.323 e. The van der Waals surface area contributed by atoms with E-state index < -0.39 is 0 Å². The first-order chi connectivity index (χ1) is 7.70. The van der Waals surface area contributed by atoms with Crippen molar-refractivity contribution in [2.45, 2.75) is 38.3 Å². The van der Waals surface area contributed by atoms with Crippen molar-refractivity contribution in [2.75, 3.05) is 13.1 Å². The van der Waals surface area contributed by atoms with E-state index in [4.69, 9.17) is 5.73 Å². The first-order valence-corrected chi connectivity index (χ1v) is 6.19. The van der Waals surface area contributed by atoms with Crippen LogP contribution in [-0.4, -0.2) is 33.8 Å². The van der Waals surface area contributed by atoms with Crippen LogP contribution in [0.4, 0.5) is 0 Å². The van der Waals surface area contributed by atoms with E-state index in [1.54, 1.807) is 0 Å². The second-order valence-corrected chi connectivity index (χ2v) is 4.75. The van der Waals surface area contributed by atoms with Crippen molar-refractivity contribution in [2.24, 2.45) is 12.8 Å². The first kappa shape index (κ1) is 11.6. The fourth-order valence-electron chi connectivity index (χ4n) is 2.59. The Morgan fingerprint density at radius 3 is 3.06 bits per heavy atom. The minimum absolute atomic E-state index is 0.0980. The molecule has 2 atom stereocenters. The number of aromatic nitrogens is 2. The minimum Gasteiger partial charge on any atom is -0.323 e. The maximum atomic E-state index is 6.21. The van der Waals surface area contributed by atoms with Gasteiger partial charge in [0.05, 0.1) is 6.20 Å². The Balaban J connectivity index is 1.94. The van der Waals surface area contributed by atoms with Gasteiger partial charge in [0, 0.05) is 37.4 Å². The summed E-state index contributed by atoms with van der Waals surface area (Å²) < 4.78 is 1.82. The van der Waals surface area contributed by atoms with Gasteiger partial charge < -0.3 is 5.73 Å². The van der Waals surface area contributed by atoms with Gasteiger partial charge in [-0.3, -0.25) is 9.58 Å². The van der Waals surface area contributed by atoms with Crippen LogP contribution in [0.3, 0.4) is 0 Å². The average Bonchev–Trinajstić information content (AvgIpc) is 2.86. The lowest BCUT2D eigenvalue weighted by molar-refractivity contribution is 0.234. The smallest absolute Gasteiger partial charge is 0.0537 e. The van der Waals surface area contributed by atoms with Gasteiger partial charge in [-0.1, -0.05) is 6.92 Å². The third-order valence-corrected chi connectivity index (χ3v) is 3.55. The molecule has 1 aromatic heterocycles. The van der Waals surface area contributed by atoms with Crippen LogP contribution < -0.4 is 5.73 Å². The maximum absolute atomic E-state index is 6.21. The highest BCUT2D eigenvalue weighted by molar-refractivity contribution is 5.10. The zero-order valence-corrected chi connectivity index (χ0v) is 10.3. The second-order valence-electron chi connectivity index (χ2n) is 4.75. The summed E-state index contributed by atoms with van der Waals surface area (Å²) in [5.74, 6) is 0. The van der Waals surface area contributed by atoms with Crippen LogP contribution >= 0.6 is 0 Å². The minimum atomic E-state index is 0.0980. The van der Waals surface area contributed by atoms with Crippen molar-refractivity contribution in [3.8, 4) is 0 Å². The van der Waals surface area contributed by atoms with Crippen LogP contribution in [0.2, 0.25) is 0 Å². The summed E-state index contributed by atoms with van der Waals surface area (Å²) in [7, 11) is 1.93. The third kappa shape index (κ3) is 2.44. The molecule has 1 fully saturated rings. The van der Waals surface area contributed by atoms with Gasteiger partial charge in [0.25, 0.3) is 0 Å². The molecule has 1 aromatic rings. The van der Waals surface area contributed by atoms with Crippen LogP contribution in [0.1, 0.15) is 37.8 Å². The van der Waals surface area contributed by atoms with Gasteiger partial charge in [0.2, 0.25) is 0 Å². The van der Waals surface area contributed by atoms with Gasteiger partial charge in [0.1, 0.15) is 0 Å². The lowest BCUT2D eigenvalue weighted by Gasteiger charge is -2.26. The number of hydrogen-bond donors (Lipinski definition) is 1. The molecule has 1 aliphatic heterocycles. The van der Waals surface area contributed by atoms with E-state index in [9.17, 15) is 0 Å². The standard InChI is InChI=1S/C12H22N4/c1-3-11-5-4-6-16(11)9-12(13)10-7-14-15(2)8-10/h7-8,11-12H,3-6,9,13H2,1-2H3.